The van der Waals surface area contributed by atoms with E-state index in [2.05, 4.69) is 22.5 Å². The van der Waals surface area contributed by atoms with Crippen LogP contribution < -0.4 is 10.6 Å². The van der Waals surface area contributed by atoms with Gasteiger partial charge in [0.1, 0.15) is 0 Å². The van der Waals surface area contributed by atoms with Crippen molar-refractivity contribution in [1.29, 1.82) is 0 Å². The molecule has 1 aliphatic rings. The number of hydrogen-bond acceptors (Lipinski definition) is 4. The molecule has 1 rings (SSSR count). The third kappa shape index (κ3) is 5.54. The summed E-state index contributed by atoms with van der Waals surface area (Å²) in [6, 6.07) is 0. The van der Waals surface area contributed by atoms with Gasteiger partial charge < -0.3 is 4.74 Å². The second-order valence-corrected chi connectivity index (χ2v) is 3.71. The summed E-state index contributed by atoms with van der Waals surface area (Å²) in [4.78, 5) is 2.35. The van der Waals surface area contributed by atoms with Crippen LogP contribution in [0.25, 0.3) is 0 Å². The molecule has 0 radical (unpaired) electrons. The van der Waals surface area contributed by atoms with Crippen molar-refractivity contribution >= 4 is 0 Å². The first-order valence-corrected chi connectivity index (χ1v) is 5.65. The second-order valence-electron chi connectivity index (χ2n) is 3.71. The number of nitrogens with one attached hydrogen (secondary N) is 2. The zero-order chi connectivity index (χ0) is 10.1. The van der Waals surface area contributed by atoms with Gasteiger partial charge in [0.2, 0.25) is 0 Å². The lowest BCUT2D eigenvalue weighted by molar-refractivity contribution is 0.110. The monoisotopic (exact) mass is 201 g/mol. The number of ether oxygens (including phenoxy) is 1. The molecule has 0 aromatic carbocycles. The van der Waals surface area contributed by atoms with Crippen LogP contribution in [-0.4, -0.2) is 44.7 Å². The minimum absolute atomic E-state index is 0.899. The van der Waals surface area contributed by atoms with E-state index in [0.717, 1.165) is 46.2 Å². The molecule has 0 aliphatic carbocycles. The molecule has 14 heavy (non-hydrogen) atoms. The van der Waals surface area contributed by atoms with E-state index in [1.54, 1.807) is 0 Å². The van der Waals surface area contributed by atoms with Crippen LogP contribution in [0, 0.1) is 0 Å². The molecule has 0 unspecified atom stereocenters. The van der Waals surface area contributed by atoms with Crippen molar-refractivity contribution in [3.8, 4) is 0 Å². The molecule has 0 bridgehead atoms. The van der Waals surface area contributed by atoms with Crippen LogP contribution in [0.15, 0.2) is 0 Å². The van der Waals surface area contributed by atoms with Crippen molar-refractivity contribution in [2.24, 2.45) is 0 Å². The van der Waals surface area contributed by atoms with Crippen LogP contribution in [0.1, 0.15) is 26.2 Å². The molecule has 0 amide bonds. The quantitative estimate of drug-likeness (QED) is 0.590. The van der Waals surface area contributed by atoms with Crippen molar-refractivity contribution in [3.63, 3.8) is 0 Å². The first-order valence-electron chi connectivity index (χ1n) is 5.65. The number of nitrogens with zero attached hydrogens (tertiary/aromatic N) is 1. The van der Waals surface area contributed by atoms with Crippen molar-refractivity contribution in [1.82, 2.24) is 15.5 Å². The summed E-state index contributed by atoms with van der Waals surface area (Å²) in [6.07, 6.45) is 3.54. The highest BCUT2D eigenvalue weighted by Crippen LogP contribution is 1.93. The molecule has 0 aromatic rings. The summed E-state index contributed by atoms with van der Waals surface area (Å²) in [7, 11) is 0. The largest absolute Gasteiger partial charge is 0.381 e. The van der Waals surface area contributed by atoms with Gasteiger partial charge in [0.15, 0.2) is 0 Å². The normalized spacial score (nSPS) is 18.6. The van der Waals surface area contributed by atoms with Crippen molar-refractivity contribution < 1.29 is 4.74 Å². The van der Waals surface area contributed by atoms with Crippen molar-refractivity contribution in [2.75, 3.05) is 39.8 Å². The minimum Gasteiger partial charge on any atom is -0.381 e. The summed E-state index contributed by atoms with van der Waals surface area (Å²) in [6.45, 7) is 8.07. The van der Waals surface area contributed by atoms with E-state index in [-0.39, 0.29) is 0 Å². The molecule has 4 nitrogen and oxygen atoms in total. The fourth-order valence-corrected chi connectivity index (χ4v) is 1.47. The average Bonchev–Trinajstić information content (AvgIpc) is 2.25. The van der Waals surface area contributed by atoms with Gasteiger partial charge in [-0.2, -0.15) is 0 Å². The number of unbranched alkanes of at least 4 members (excludes halogenated alkanes) is 1. The summed E-state index contributed by atoms with van der Waals surface area (Å²) < 4.78 is 5.50. The summed E-state index contributed by atoms with van der Waals surface area (Å²) >= 11 is 0. The summed E-state index contributed by atoms with van der Waals surface area (Å²) in [5.74, 6) is 0. The highest BCUT2D eigenvalue weighted by Gasteiger charge is 2.06. The zero-order valence-corrected chi connectivity index (χ0v) is 9.22. The summed E-state index contributed by atoms with van der Waals surface area (Å²) in [5.41, 5.74) is 0. The maximum Gasteiger partial charge on any atom is 0.0502 e. The lowest BCUT2D eigenvalue weighted by Gasteiger charge is -2.27. The molecular formula is C10H23N3O. The van der Waals surface area contributed by atoms with Gasteiger partial charge in [-0.1, -0.05) is 13.3 Å². The maximum atomic E-state index is 5.50. The van der Waals surface area contributed by atoms with Crippen LogP contribution in [0.4, 0.5) is 0 Å². The van der Waals surface area contributed by atoms with E-state index in [1.165, 1.54) is 12.8 Å². The van der Waals surface area contributed by atoms with Gasteiger partial charge in [0.05, 0.1) is 13.3 Å². The Labute approximate surface area is 87.0 Å². The Morgan fingerprint density at radius 1 is 1.14 bits per heavy atom. The summed E-state index contributed by atoms with van der Waals surface area (Å²) in [5, 5.41) is 6.54. The highest BCUT2D eigenvalue weighted by molar-refractivity contribution is 4.59. The molecule has 2 N–H and O–H groups in total. The van der Waals surface area contributed by atoms with Gasteiger partial charge in [0, 0.05) is 26.4 Å². The lowest BCUT2D eigenvalue weighted by atomic mass is 10.3. The average molecular weight is 201 g/mol. The lowest BCUT2D eigenvalue weighted by Crippen LogP contribution is -2.50. The van der Waals surface area contributed by atoms with Gasteiger partial charge in [0.25, 0.3) is 0 Å². The van der Waals surface area contributed by atoms with E-state index in [9.17, 15) is 0 Å². The molecule has 4 heteroatoms. The van der Waals surface area contributed by atoms with E-state index < -0.39 is 0 Å². The fourth-order valence-electron chi connectivity index (χ4n) is 1.47. The third-order valence-electron chi connectivity index (χ3n) is 2.33. The topological polar surface area (TPSA) is 36.5 Å². The second kappa shape index (κ2) is 8.17. The Balaban J connectivity index is 1.82. The highest BCUT2D eigenvalue weighted by atomic mass is 16.5. The first-order chi connectivity index (χ1) is 6.93. The molecule has 84 valence electrons. The predicted molar refractivity (Wildman–Crippen MR) is 57.9 cm³/mol. The molecule has 1 fully saturated rings. The molecule has 1 saturated heterocycles. The Hall–Kier alpha value is -0.160. The van der Waals surface area contributed by atoms with Crippen LogP contribution in [-0.2, 0) is 4.74 Å². The van der Waals surface area contributed by atoms with Gasteiger partial charge >= 0.3 is 0 Å². The fraction of sp³-hybridized carbons (Fsp3) is 1.00. The molecule has 0 atom stereocenters. The van der Waals surface area contributed by atoms with E-state index in [0.29, 0.717) is 0 Å². The molecule has 0 saturated carbocycles. The number of rotatable bonds is 7. The maximum absolute atomic E-state index is 5.50. The van der Waals surface area contributed by atoms with Crippen molar-refractivity contribution in [3.05, 3.63) is 0 Å². The Morgan fingerprint density at radius 2 is 1.86 bits per heavy atom. The Bertz CT molecular complexity index is 127. The van der Waals surface area contributed by atoms with Crippen molar-refractivity contribution in [2.45, 2.75) is 26.2 Å². The SMILES string of the molecule is CCCCOCCCN1CNCNC1. The smallest absolute Gasteiger partial charge is 0.0502 e. The van der Waals surface area contributed by atoms with Crippen LogP contribution in [0.3, 0.4) is 0 Å². The first kappa shape index (κ1) is 11.9. The molecular weight excluding hydrogens is 178 g/mol. The van der Waals surface area contributed by atoms with E-state index in [4.69, 9.17) is 4.74 Å². The third-order valence-corrected chi connectivity index (χ3v) is 2.33. The van der Waals surface area contributed by atoms with E-state index in [1.807, 2.05) is 0 Å². The van der Waals surface area contributed by atoms with Crippen LogP contribution in [0.2, 0.25) is 0 Å². The number of hydrogen-bond donors (Lipinski definition) is 2. The van der Waals surface area contributed by atoms with Gasteiger partial charge in [-0.25, -0.2) is 0 Å². The van der Waals surface area contributed by atoms with Gasteiger partial charge in [-0.15, -0.1) is 0 Å². The Morgan fingerprint density at radius 3 is 2.57 bits per heavy atom. The predicted octanol–water partition coefficient (Wildman–Crippen LogP) is 0.561. The molecule has 1 heterocycles. The standard InChI is InChI=1S/C10H23N3O/c1-2-3-6-14-7-4-5-13-9-11-8-12-10-13/h11-12H,2-10H2,1H3. The van der Waals surface area contributed by atoms with Crippen LogP contribution >= 0.6 is 0 Å². The van der Waals surface area contributed by atoms with Crippen LogP contribution in [0.5, 0.6) is 0 Å². The molecule has 1 aliphatic heterocycles. The minimum atomic E-state index is 0.899. The molecule has 0 spiro atoms. The Kier molecular flexibility index (Phi) is 6.95. The molecule has 0 aromatic heterocycles. The van der Waals surface area contributed by atoms with Gasteiger partial charge in [-0.05, 0) is 12.8 Å². The van der Waals surface area contributed by atoms with E-state index >= 15 is 0 Å². The zero-order valence-electron chi connectivity index (χ0n) is 9.22. The van der Waals surface area contributed by atoms with Gasteiger partial charge in [-0.3, -0.25) is 15.5 Å².